The van der Waals surface area contributed by atoms with E-state index >= 15 is 0 Å². The number of thiophene rings is 1. The van der Waals surface area contributed by atoms with Crippen molar-refractivity contribution in [2.24, 2.45) is 5.73 Å². The predicted octanol–water partition coefficient (Wildman–Crippen LogP) is 0.791. The Morgan fingerprint density at radius 2 is 2.50 bits per heavy atom. The highest BCUT2D eigenvalue weighted by Gasteiger charge is 2.37. The summed E-state index contributed by atoms with van der Waals surface area (Å²) in [6.45, 7) is 3.48. The van der Waals surface area contributed by atoms with E-state index in [2.05, 4.69) is 10.7 Å². The highest BCUT2D eigenvalue weighted by Crippen LogP contribution is 2.17. The maximum Gasteiger partial charge on any atom is 0.242 e. The van der Waals surface area contributed by atoms with Crippen LogP contribution in [0.1, 0.15) is 17.5 Å². The van der Waals surface area contributed by atoms with E-state index < -0.39 is 5.54 Å². The Labute approximate surface area is 98.8 Å². The number of nitrogens with two attached hydrogens (primary N) is 1. The Kier molecular flexibility index (Phi) is 3.28. The summed E-state index contributed by atoms with van der Waals surface area (Å²) in [6.07, 6.45) is 0.599. The van der Waals surface area contributed by atoms with Gasteiger partial charge in [-0.25, -0.2) is 0 Å². The molecule has 0 radical (unpaired) electrons. The van der Waals surface area contributed by atoms with Crippen LogP contribution in [0.3, 0.4) is 0 Å². The van der Waals surface area contributed by atoms with E-state index in [1.54, 1.807) is 11.3 Å². The standard InChI is InChI=1S/C11H16N2O2S/c1-8-5-16-6-9(8)4-13-10(14)11(12)2-3-15-7-11/h5-6H,2-4,7,12H2,1H3,(H,13,14). The highest BCUT2D eigenvalue weighted by atomic mass is 32.1. The number of rotatable bonds is 3. The van der Waals surface area contributed by atoms with E-state index in [1.165, 1.54) is 5.56 Å². The van der Waals surface area contributed by atoms with Crippen molar-refractivity contribution in [3.8, 4) is 0 Å². The number of hydrogen-bond donors (Lipinski definition) is 2. The fraction of sp³-hybridized carbons (Fsp3) is 0.545. The molecule has 1 aromatic heterocycles. The third-order valence-corrected chi connectivity index (χ3v) is 3.82. The van der Waals surface area contributed by atoms with E-state index in [9.17, 15) is 4.79 Å². The summed E-state index contributed by atoms with van der Waals surface area (Å²) >= 11 is 1.64. The van der Waals surface area contributed by atoms with Crippen molar-refractivity contribution >= 4 is 17.2 Å². The minimum absolute atomic E-state index is 0.115. The monoisotopic (exact) mass is 240 g/mol. The lowest BCUT2D eigenvalue weighted by Gasteiger charge is -2.20. The van der Waals surface area contributed by atoms with Crippen molar-refractivity contribution in [1.29, 1.82) is 0 Å². The van der Waals surface area contributed by atoms with E-state index in [0.717, 1.165) is 5.56 Å². The van der Waals surface area contributed by atoms with Gasteiger partial charge >= 0.3 is 0 Å². The lowest BCUT2D eigenvalue weighted by atomic mass is 9.99. The van der Waals surface area contributed by atoms with E-state index in [1.807, 2.05) is 12.3 Å². The van der Waals surface area contributed by atoms with E-state index in [4.69, 9.17) is 10.5 Å². The zero-order chi connectivity index (χ0) is 11.6. The molecule has 1 aliphatic heterocycles. The van der Waals surface area contributed by atoms with Crippen LogP contribution < -0.4 is 11.1 Å². The minimum Gasteiger partial charge on any atom is -0.379 e. The molecule has 16 heavy (non-hydrogen) atoms. The van der Waals surface area contributed by atoms with Crippen molar-refractivity contribution in [3.63, 3.8) is 0 Å². The molecule has 1 aliphatic rings. The first-order chi connectivity index (χ1) is 7.62. The van der Waals surface area contributed by atoms with Crippen LogP contribution in [0.2, 0.25) is 0 Å². The van der Waals surface area contributed by atoms with Gasteiger partial charge in [-0.3, -0.25) is 4.79 Å². The molecule has 5 heteroatoms. The molecule has 0 aromatic carbocycles. The van der Waals surface area contributed by atoms with Crippen molar-refractivity contribution in [2.75, 3.05) is 13.2 Å². The van der Waals surface area contributed by atoms with Crippen molar-refractivity contribution in [3.05, 3.63) is 21.9 Å². The Morgan fingerprint density at radius 3 is 3.06 bits per heavy atom. The number of nitrogens with one attached hydrogen (secondary N) is 1. The molecule has 1 aromatic rings. The number of carbonyl (C=O) groups is 1. The lowest BCUT2D eigenvalue weighted by molar-refractivity contribution is -0.126. The van der Waals surface area contributed by atoms with E-state index in [0.29, 0.717) is 26.2 Å². The van der Waals surface area contributed by atoms with Crippen LogP contribution in [-0.2, 0) is 16.1 Å². The van der Waals surface area contributed by atoms with Gasteiger partial charge in [-0.1, -0.05) is 0 Å². The smallest absolute Gasteiger partial charge is 0.242 e. The van der Waals surface area contributed by atoms with Crippen LogP contribution in [0.15, 0.2) is 10.8 Å². The normalized spacial score (nSPS) is 24.6. The van der Waals surface area contributed by atoms with Crippen molar-refractivity contribution in [1.82, 2.24) is 5.32 Å². The van der Waals surface area contributed by atoms with Crippen molar-refractivity contribution in [2.45, 2.75) is 25.4 Å². The maximum absolute atomic E-state index is 11.9. The molecule has 1 unspecified atom stereocenters. The summed E-state index contributed by atoms with van der Waals surface area (Å²) in [7, 11) is 0. The topological polar surface area (TPSA) is 64.4 Å². The number of aryl methyl sites for hydroxylation is 1. The first-order valence-electron chi connectivity index (χ1n) is 5.28. The van der Waals surface area contributed by atoms with Crippen molar-refractivity contribution < 1.29 is 9.53 Å². The summed E-state index contributed by atoms with van der Waals surface area (Å²) in [5.41, 5.74) is 7.48. The molecule has 1 atom stereocenters. The second-order valence-electron chi connectivity index (χ2n) is 4.22. The summed E-state index contributed by atoms with van der Waals surface area (Å²) in [5.74, 6) is -0.115. The molecule has 0 aliphatic carbocycles. The number of hydrogen-bond acceptors (Lipinski definition) is 4. The average molecular weight is 240 g/mol. The van der Waals surface area contributed by atoms with Crippen LogP contribution in [0.5, 0.6) is 0 Å². The van der Waals surface area contributed by atoms with Gasteiger partial charge in [0, 0.05) is 13.2 Å². The summed E-state index contributed by atoms with van der Waals surface area (Å²) in [6, 6.07) is 0. The van der Waals surface area contributed by atoms with Crippen LogP contribution in [0.25, 0.3) is 0 Å². The molecule has 0 spiro atoms. The first-order valence-corrected chi connectivity index (χ1v) is 6.23. The molecule has 1 amide bonds. The Hall–Kier alpha value is -0.910. The summed E-state index contributed by atoms with van der Waals surface area (Å²) in [4.78, 5) is 11.9. The largest absolute Gasteiger partial charge is 0.379 e. The predicted molar refractivity (Wildman–Crippen MR) is 63.3 cm³/mol. The molecular formula is C11H16N2O2S. The number of ether oxygens (including phenoxy) is 1. The molecule has 4 nitrogen and oxygen atoms in total. The van der Waals surface area contributed by atoms with Gasteiger partial charge in [-0.2, -0.15) is 11.3 Å². The van der Waals surface area contributed by atoms with Crippen LogP contribution >= 0.6 is 11.3 Å². The second-order valence-corrected chi connectivity index (χ2v) is 4.97. The van der Waals surface area contributed by atoms with Gasteiger partial charge in [0.2, 0.25) is 5.91 Å². The SMILES string of the molecule is Cc1cscc1CNC(=O)C1(N)CCOC1. The number of carbonyl (C=O) groups excluding carboxylic acids is 1. The molecule has 0 bridgehead atoms. The number of amides is 1. The molecule has 3 N–H and O–H groups in total. The van der Waals surface area contributed by atoms with Gasteiger partial charge in [-0.15, -0.1) is 0 Å². The average Bonchev–Trinajstić information content (AvgIpc) is 2.85. The van der Waals surface area contributed by atoms with Gasteiger partial charge in [0.05, 0.1) is 6.61 Å². The minimum atomic E-state index is -0.829. The molecule has 2 rings (SSSR count). The first kappa shape index (κ1) is 11.6. The van der Waals surface area contributed by atoms with Gasteiger partial charge < -0.3 is 15.8 Å². The van der Waals surface area contributed by atoms with E-state index in [-0.39, 0.29) is 5.91 Å². The molecule has 1 fully saturated rings. The maximum atomic E-state index is 11.9. The summed E-state index contributed by atoms with van der Waals surface area (Å²) in [5, 5.41) is 6.98. The highest BCUT2D eigenvalue weighted by molar-refractivity contribution is 7.08. The van der Waals surface area contributed by atoms with Crippen LogP contribution in [0, 0.1) is 6.92 Å². The Morgan fingerprint density at radius 1 is 1.69 bits per heavy atom. The van der Waals surface area contributed by atoms with Crippen LogP contribution in [-0.4, -0.2) is 24.7 Å². The third kappa shape index (κ3) is 2.26. The lowest BCUT2D eigenvalue weighted by Crippen LogP contribution is -2.54. The van der Waals surface area contributed by atoms with Crippen LogP contribution in [0.4, 0.5) is 0 Å². The van der Waals surface area contributed by atoms with Gasteiger partial charge in [0.25, 0.3) is 0 Å². The molecule has 88 valence electrons. The fourth-order valence-corrected chi connectivity index (χ4v) is 2.54. The quantitative estimate of drug-likeness (QED) is 0.821. The zero-order valence-corrected chi connectivity index (χ0v) is 10.1. The Bertz CT molecular complexity index is 383. The van der Waals surface area contributed by atoms with Gasteiger partial charge in [-0.05, 0) is 35.2 Å². The molecule has 2 heterocycles. The van der Waals surface area contributed by atoms with Gasteiger partial charge in [0.15, 0.2) is 0 Å². The molecular weight excluding hydrogens is 224 g/mol. The molecule has 0 saturated carbocycles. The fourth-order valence-electron chi connectivity index (χ4n) is 1.68. The Balaban J connectivity index is 1.91. The molecule has 1 saturated heterocycles. The third-order valence-electron chi connectivity index (χ3n) is 2.91. The zero-order valence-electron chi connectivity index (χ0n) is 9.29. The summed E-state index contributed by atoms with van der Waals surface area (Å²) < 4.78 is 5.16. The second kappa shape index (κ2) is 4.53. The van der Waals surface area contributed by atoms with Gasteiger partial charge in [0.1, 0.15) is 5.54 Å².